The minimum Gasteiger partial charge on any atom is -0.457 e. The Labute approximate surface area is 162 Å². The summed E-state index contributed by atoms with van der Waals surface area (Å²) in [5.41, 5.74) is -1.17. The van der Waals surface area contributed by atoms with Crippen LogP contribution in [0.3, 0.4) is 0 Å². The molecule has 1 heterocycles. The van der Waals surface area contributed by atoms with E-state index in [1.54, 1.807) is 0 Å². The van der Waals surface area contributed by atoms with Gasteiger partial charge in [0.25, 0.3) is 17.5 Å². The molecular formula is C19H13FN2O7. The molecule has 0 atom stereocenters. The van der Waals surface area contributed by atoms with Gasteiger partial charge in [-0.15, -0.1) is 0 Å². The van der Waals surface area contributed by atoms with Gasteiger partial charge >= 0.3 is 5.97 Å². The number of Topliss-reactive ketones (excluding diaryl/α,β-unsaturated/α-hetero) is 1. The first kappa shape index (κ1) is 19.8. The van der Waals surface area contributed by atoms with Crippen molar-refractivity contribution in [3.8, 4) is 0 Å². The van der Waals surface area contributed by atoms with Gasteiger partial charge in [-0.2, -0.15) is 0 Å². The predicted molar refractivity (Wildman–Crippen MR) is 94.8 cm³/mol. The highest BCUT2D eigenvalue weighted by Crippen LogP contribution is 2.30. The molecule has 9 nitrogen and oxygen atoms in total. The van der Waals surface area contributed by atoms with Gasteiger partial charge in [0, 0.05) is 12.6 Å². The maximum Gasteiger partial charge on any atom is 0.308 e. The number of nitrogens with zero attached hydrogens (tertiary/aromatic N) is 2. The lowest BCUT2D eigenvalue weighted by molar-refractivity contribution is -0.385. The van der Waals surface area contributed by atoms with Gasteiger partial charge < -0.3 is 4.74 Å². The summed E-state index contributed by atoms with van der Waals surface area (Å²) in [6.45, 7) is -1.08. The molecule has 0 aromatic heterocycles. The molecule has 0 saturated carbocycles. The number of rotatable bonds is 7. The second-order valence-electron chi connectivity index (χ2n) is 6.03. The van der Waals surface area contributed by atoms with Crippen LogP contribution in [0.4, 0.5) is 10.1 Å². The highest BCUT2D eigenvalue weighted by Gasteiger charge is 2.40. The Morgan fingerprint density at radius 3 is 2.48 bits per heavy atom. The summed E-state index contributed by atoms with van der Waals surface area (Å²) in [7, 11) is 0. The van der Waals surface area contributed by atoms with E-state index in [9.17, 15) is 33.7 Å². The number of nitro groups is 1. The average molecular weight is 400 g/mol. The first-order chi connectivity index (χ1) is 13.8. The number of hydrogen-bond donors (Lipinski definition) is 0. The average Bonchev–Trinajstić information content (AvgIpc) is 2.95. The quantitative estimate of drug-likeness (QED) is 0.229. The van der Waals surface area contributed by atoms with Gasteiger partial charge in [0.15, 0.2) is 6.61 Å². The van der Waals surface area contributed by atoms with Gasteiger partial charge in [0.2, 0.25) is 5.78 Å². The lowest BCUT2D eigenvalue weighted by atomic mass is 10.1. The smallest absolute Gasteiger partial charge is 0.308 e. The van der Waals surface area contributed by atoms with Crippen LogP contribution >= 0.6 is 0 Å². The summed E-state index contributed by atoms with van der Waals surface area (Å²) in [6, 6.07) is 8.89. The Morgan fingerprint density at radius 2 is 1.79 bits per heavy atom. The van der Waals surface area contributed by atoms with E-state index in [2.05, 4.69) is 0 Å². The van der Waals surface area contributed by atoms with Crippen molar-refractivity contribution in [2.45, 2.75) is 6.42 Å². The van der Waals surface area contributed by atoms with Crippen molar-refractivity contribution < 1.29 is 33.2 Å². The molecule has 0 aliphatic carbocycles. The van der Waals surface area contributed by atoms with Crippen LogP contribution in [-0.2, 0) is 9.53 Å². The summed E-state index contributed by atoms with van der Waals surface area (Å²) in [5.74, 6) is -4.02. The Balaban J connectivity index is 1.60. The second kappa shape index (κ2) is 7.97. The number of carbonyl (C=O) groups is 4. The standard InChI is InChI=1S/C19H13FN2O7/c20-13-6-2-1-4-11(13)15(23)10-29-16(24)8-9-21-18(25)12-5-3-7-14(22(27)28)17(12)19(21)26/h1-7H,8-10H2. The summed E-state index contributed by atoms with van der Waals surface area (Å²) in [4.78, 5) is 59.4. The van der Waals surface area contributed by atoms with Crippen molar-refractivity contribution >= 4 is 29.3 Å². The molecule has 2 amide bonds. The van der Waals surface area contributed by atoms with Crippen LogP contribution in [-0.4, -0.2) is 46.5 Å². The van der Waals surface area contributed by atoms with E-state index in [0.29, 0.717) is 4.90 Å². The number of esters is 1. The second-order valence-corrected chi connectivity index (χ2v) is 6.03. The summed E-state index contributed by atoms with van der Waals surface area (Å²) < 4.78 is 18.3. The van der Waals surface area contributed by atoms with Crippen molar-refractivity contribution in [1.29, 1.82) is 0 Å². The van der Waals surface area contributed by atoms with E-state index in [0.717, 1.165) is 12.1 Å². The zero-order valence-electron chi connectivity index (χ0n) is 14.8. The molecule has 148 valence electrons. The highest BCUT2D eigenvalue weighted by molar-refractivity contribution is 6.23. The molecule has 0 spiro atoms. The lowest BCUT2D eigenvalue weighted by Crippen LogP contribution is -2.32. The topological polar surface area (TPSA) is 124 Å². The van der Waals surface area contributed by atoms with Crippen molar-refractivity contribution in [1.82, 2.24) is 4.90 Å². The van der Waals surface area contributed by atoms with Gasteiger partial charge in [-0.3, -0.25) is 34.2 Å². The maximum absolute atomic E-state index is 13.5. The number of imide groups is 1. The SMILES string of the molecule is O=C(CCN1C(=O)c2cccc([N+](=O)[O-])c2C1=O)OCC(=O)c1ccccc1F. The Kier molecular flexibility index (Phi) is 5.44. The Morgan fingerprint density at radius 1 is 1.07 bits per heavy atom. The molecule has 2 aromatic carbocycles. The number of hydrogen-bond acceptors (Lipinski definition) is 7. The van der Waals surface area contributed by atoms with E-state index >= 15 is 0 Å². The zero-order chi connectivity index (χ0) is 21.1. The molecule has 0 fully saturated rings. The number of nitro benzene ring substituents is 1. The normalized spacial score (nSPS) is 12.7. The summed E-state index contributed by atoms with van der Waals surface area (Å²) in [6.07, 6.45) is -0.427. The first-order valence-electron chi connectivity index (χ1n) is 8.38. The molecule has 2 aromatic rings. The van der Waals surface area contributed by atoms with Crippen molar-refractivity contribution in [3.05, 3.63) is 75.1 Å². The molecule has 0 bridgehead atoms. The molecule has 0 radical (unpaired) electrons. The minimum atomic E-state index is -0.888. The van der Waals surface area contributed by atoms with Gasteiger partial charge in [-0.25, -0.2) is 4.39 Å². The molecular weight excluding hydrogens is 387 g/mol. The lowest BCUT2D eigenvalue weighted by Gasteiger charge is -2.13. The Bertz CT molecular complexity index is 1050. The molecule has 10 heteroatoms. The van der Waals surface area contributed by atoms with Crippen LogP contribution in [0.25, 0.3) is 0 Å². The number of benzene rings is 2. The molecule has 29 heavy (non-hydrogen) atoms. The number of ketones is 1. The van der Waals surface area contributed by atoms with E-state index in [-0.39, 0.29) is 23.2 Å². The van der Waals surface area contributed by atoms with Crippen LogP contribution in [0.5, 0.6) is 0 Å². The van der Waals surface area contributed by atoms with Crippen LogP contribution in [0.15, 0.2) is 42.5 Å². The molecule has 0 unspecified atom stereocenters. The zero-order valence-corrected chi connectivity index (χ0v) is 14.8. The van der Waals surface area contributed by atoms with Crippen LogP contribution in [0, 0.1) is 15.9 Å². The first-order valence-corrected chi connectivity index (χ1v) is 8.38. The van der Waals surface area contributed by atoms with Crippen LogP contribution < -0.4 is 0 Å². The van der Waals surface area contributed by atoms with E-state index in [4.69, 9.17) is 4.74 Å². The van der Waals surface area contributed by atoms with E-state index < -0.39 is 53.0 Å². The Hall–Kier alpha value is -3.95. The third kappa shape index (κ3) is 3.86. The van der Waals surface area contributed by atoms with E-state index in [1.165, 1.54) is 30.3 Å². The fraction of sp³-hybridized carbons (Fsp3) is 0.158. The van der Waals surface area contributed by atoms with Crippen LogP contribution in [0.2, 0.25) is 0 Å². The number of halogens is 1. The fourth-order valence-electron chi connectivity index (χ4n) is 2.86. The van der Waals surface area contributed by atoms with Crippen molar-refractivity contribution in [2.75, 3.05) is 13.2 Å². The third-order valence-corrected chi connectivity index (χ3v) is 4.25. The monoisotopic (exact) mass is 400 g/mol. The summed E-state index contributed by atoms with van der Waals surface area (Å²) >= 11 is 0. The molecule has 0 N–H and O–H groups in total. The molecule has 1 aliphatic heterocycles. The molecule has 0 saturated heterocycles. The fourth-order valence-corrected chi connectivity index (χ4v) is 2.86. The van der Waals surface area contributed by atoms with Gasteiger partial charge in [0.05, 0.1) is 22.5 Å². The summed E-state index contributed by atoms with van der Waals surface area (Å²) in [5, 5.41) is 11.1. The van der Waals surface area contributed by atoms with Gasteiger partial charge in [0.1, 0.15) is 11.4 Å². The largest absolute Gasteiger partial charge is 0.457 e. The number of ether oxygens (including phenoxy) is 1. The number of fused-ring (bicyclic) bond motifs is 1. The van der Waals surface area contributed by atoms with Crippen LogP contribution in [0.1, 0.15) is 37.5 Å². The maximum atomic E-state index is 13.5. The van der Waals surface area contributed by atoms with Crippen molar-refractivity contribution in [3.63, 3.8) is 0 Å². The highest BCUT2D eigenvalue weighted by atomic mass is 19.1. The van der Waals surface area contributed by atoms with Crippen molar-refractivity contribution in [2.24, 2.45) is 0 Å². The predicted octanol–water partition coefficient (Wildman–Crippen LogP) is 2.15. The van der Waals surface area contributed by atoms with E-state index in [1.807, 2.05) is 0 Å². The van der Waals surface area contributed by atoms with Gasteiger partial charge in [-0.1, -0.05) is 18.2 Å². The number of carbonyl (C=O) groups excluding carboxylic acids is 4. The number of amides is 2. The molecule has 3 rings (SSSR count). The molecule has 1 aliphatic rings. The third-order valence-electron chi connectivity index (χ3n) is 4.25. The minimum absolute atomic E-state index is 0.118. The van der Waals surface area contributed by atoms with Gasteiger partial charge in [-0.05, 0) is 18.2 Å².